The highest BCUT2D eigenvalue weighted by Gasteiger charge is 2.32. The zero-order valence-corrected chi connectivity index (χ0v) is 21.0. The number of imidazole rings is 2. The Kier molecular flexibility index (Phi) is 6.10. The van der Waals surface area contributed by atoms with Crippen LogP contribution in [0.4, 0.5) is 0 Å². The second-order valence-electron chi connectivity index (χ2n) is 9.09. The molecule has 1 unspecified atom stereocenters. The molecule has 1 atom stereocenters. The Labute approximate surface area is 204 Å². The van der Waals surface area contributed by atoms with Gasteiger partial charge in [0.2, 0.25) is 15.9 Å². The zero-order chi connectivity index (χ0) is 24.7. The minimum absolute atomic E-state index is 0.0429. The molecule has 35 heavy (non-hydrogen) atoms. The summed E-state index contributed by atoms with van der Waals surface area (Å²) in [6, 6.07) is 12.9. The van der Waals surface area contributed by atoms with E-state index in [9.17, 15) is 13.2 Å². The van der Waals surface area contributed by atoms with Crippen LogP contribution in [0.1, 0.15) is 43.9 Å². The van der Waals surface area contributed by atoms with Crippen LogP contribution < -0.4 is 0 Å². The molecule has 0 bridgehead atoms. The van der Waals surface area contributed by atoms with Gasteiger partial charge in [-0.2, -0.15) is 0 Å². The number of carbonyl (C=O) groups is 1. The quantitative estimate of drug-likeness (QED) is 0.424. The van der Waals surface area contributed by atoms with Crippen LogP contribution in [0.2, 0.25) is 0 Å². The van der Waals surface area contributed by atoms with Gasteiger partial charge in [-0.3, -0.25) is 4.79 Å². The highest BCUT2D eigenvalue weighted by Crippen LogP contribution is 2.32. The summed E-state index contributed by atoms with van der Waals surface area (Å²) in [5.41, 5.74) is 3.38. The number of aromatic amines is 1. The second-order valence-corrected chi connectivity index (χ2v) is 11.2. The van der Waals surface area contributed by atoms with Gasteiger partial charge in [-0.05, 0) is 50.1 Å². The van der Waals surface area contributed by atoms with Crippen molar-refractivity contribution in [2.45, 2.75) is 50.1 Å². The van der Waals surface area contributed by atoms with Gasteiger partial charge < -0.3 is 14.5 Å². The number of rotatable bonds is 7. The van der Waals surface area contributed by atoms with Gasteiger partial charge in [-0.15, -0.1) is 0 Å². The van der Waals surface area contributed by atoms with Crippen LogP contribution in [0, 0.1) is 0 Å². The molecule has 1 amide bonds. The summed E-state index contributed by atoms with van der Waals surface area (Å²) in [6.45, 7) is 3.43. The standard InChI is InChI=1S/C25H30N6O3S/c1-4-30-21-12-11-17(35(33,34)29(2)3)16-20(21)26-23(30)13-14-24(32)31-15-7-10-22(31)25-27-18-8-5-6-9-19(18)28-25/h5-6,8-9,11-12,16,22H,4,7,10,13-15H2,1-3H3,(H,27,28). The van der Waals surface area contributed by atoms with E-state index in [1.165, 1.54) is 18.4 Å². The van der Waals surface area contributed by atoms with Gasteiger partial charge in [0.1, 0.15) is 11.6 Å². The molecule has 4 aromatic rings. The number of fused-ring (bicyclic) bond motifs is 2. The molecule has 0 spiro atoms. The highest BCUT2D eigenvalue weighted by molar-refractivity contribution is 7.89. The number of aryl methyl sites for hydroxylation is 2. The molecule has 1 aliphatic rings. The predicted octanol–water partition coefficient (Wildman–Crippen LogP) is 3.48. The molecule has 1 fully saturated rings. The van der Waals surface area contributed by atoms with Gasteiger partial charge in [0.25, 0.3) is 0 Å². The summed E-state index contributed by atoms with van der Waals surface area (Å²) < 4.78 is 28.3. The Morgan fingerprint density at radius 2 is 1.94 bits per heavy atom. The number of aromatic nitrogens is 4. The molecular formula is C25H30N6O3S. The van der Waals surface area contributed by atoms with E-state index in [0.717, 1.165) is 47.6 Å². The van der Waals surface area contributed by atoms with Crippen molar-refractivity contribution in [3.63, 3.8) is 0 Å². The molecule has 9 nitrogen and oxygen atoms in total. The van der Waals surface area contributed by atoms with Gasteiger partial charge in [-0.25, -0.2) is 22.7 Å². The molecular weight excluding hydrogens is 464 g/mol. The Hall–Kier alpha value is -3.24. The molecule has 2 aromatic carbocycles. The number of hydrogen-bond acceptors (Lipinski definition) is 5. The van der Waals surface area contributed by atoms with Gasteiger partial charge in [0, 0.05) is 40.0 Å². The number of nitrogens with one attached hydrogen (secondary N) is 1. The summed E-state index contributed by atoms with van der Waals surface area (Å²) in [4.78, 5) is 28.2. The number of amides is 1. The Bertz CT molecular complexity index is 1470. The fourth-order valence-corrected chi connectivity index (χ4v) is 5.84. The molecule has 0 radical (unpaired) electrons. The number of likely N-dealkylation sites (tertiary alicyclic amines) is 1. The van der Waals surface area contributed by atoms with Crippen LogP contribution in [0.15, 0.2) is 47.4 Å². The number of H-pyrrole nitrogens is 1. The fourth-order valence-electron chi connectivity index (χ4n) is 4.92. The van der Waals surface area contributed by atoms with Gasteiger partial charge >= 0.3 is 0 Å². The van der Waals surface area contributed by atoms with Crippen LogP contribution in [0.3, 0.4) is 0 Å². The third kappa shape index (κ3) is 4.21. The molecule has 2 aromatic heterocycles. The third-order valence-corrected chi connectivity index (χ3v) is 8.56. The topological polar surface area (TPSA) is 104 Å². The molecule has 0 saturated carbocycles. The van der Waals surface area contributed by atoms with Crippen molar-refractivity contribution in [3.05, 3.63) is 54.1 Å². The number of nitrogens with zero attached hydrogens (tertiary/aromatic N) is 5. The van der Waals surface area contributed by atoms with Crippen LogP contribution in [-0.2, 0) is 27.8 Å². The van der Waals surface area contributed by atoms with Gasteiger partial charge in [0.05, 0.1) is 33.0 Å². The molecule has 5 rings (SSSR count). The van der Waals surface area contributed by atoms with Crippen LogP contribution in [0.25, 0.3) is 22.1 Å². The molecule has 1 N–H and O–H groups in total. The molecule has 184 valence electrons. The average Bonchev–Trinajstić information content (AvgIpc) is 3.57. The number of sulfonamides is 1. The lowest BCUT2D eigenvalue weighted by atomic mass is 10.2. The first kappa shape index (κ1) is 23.5. The van der Waals surface area contributed by atoms with E-state index in [2.05, 4.69) is 9.55 Å². The summed E-state index contributed by atoms with van der Waals surface area (Å²) in [5.74, 6) is 1.71. The number of hydrogen-bond donors (Lipinski definition) is 1. The second kappa shape index (κ2) is 9.09. The smallest absolute Gasteiger partial charge is 0.242 e. The van der Waals surface area contributed by atoms with Crippen LogP contribution in [-0.4, -0.2) is 63.7 Å². The summed E-state index contributed by atoms with van der Waals surface area (Å²) in [6.07, 6.45) is 2.66. The number of benzene rings is 2. The first-order valence-electron chi connectivity index (χ1n) is 12.0. The monoisotopic (exact) mass is 494 g/mol. The molecule has 1 saturated heterocycles. The van der Waals surface area contributed by atoms with E-state index in [4.69, 9.17) is 9.97 Å². The van der Waals surface area contributed by atoms with Crippen molar-refractivity contribution in [3.8, 4) is 0 Å². The SMILES string of the molecule is CCn1c(CCC(=O)N2CCCC2c2nc3ccccc3[nH]2)nc2cc(S(=O)(=O)N(C)C)ccc21. The minimum atomic E-state index is -3.54. The average molecular weight is 495 g/mol. The maximum Gasteiger partial charge on any atom is 0.242 e. The number of para-hydroxylation sites is 2. The van der Waals surface area contributed by atoms with Crippen molar-refractivity contribution in [1.82, 2.24) is 28.7 Å². The van der Waals surface area contributed by atoms with Crippen LogP contribution in [0.5, 0.6) is 0 Å². The van der Waals surface area contributed by atoms with Crippen molar-refractivity contribution in [2.75, 3.05) is 20.6 Å². The maximum atomic E-state index is 13.3. The maximum absolute atomic E-state index is 13.3. The lowest BCUT2D eigenvalue weighted by Crippen LogP contribution is -2.31. The minimum Gasteiger partial charge on any atom is -0.340 e. The lowest BCUT2D eigenvalue weighted by molar-refractivity contribution is -0.132. The van der Waals surface area contributed by atoms with E-state index < -0.39 is 10.0 Å². The van der Waals surface area contributed by atoms with Gasteiger partial charge in [0.15, 0.2) is 0 Å². The highest BCUT2D eigenvalue weighted by atomic mass is 32.2. The van der Waals surface area contributed by atoms with Crippen molar-refractivity contribution < 1.29 is 13.2 Å². The van der Waals surface area contributed by atoms with Crippen LogP contribution >= 0.6 is 0 Å². The number of carbonyl (C=O) groups excluding carboxylic acids is 1. The first-order valence-corrected chi connectivity index (χ1v) is 13.4. The summed E-state index contributed by atoms with van der Waals surface area (Å²) in [5, 5.41) is 0. The largest absolute Gasteiger partial charge is 0.340 e. The van der Waals surface area contributed by atoms with Gasteiger partial charge in [-0.1, -0.05) is 12.1 Å². The molecule has 3 heterocycles. The fraction of sp³-hybridized carbons (Fsp3) is 0.400. The Morgan fingerprint density at radius 1 is 1.14 bits per heavy atom. The van der Waals surface area contributed by atoms with E-state index in [1.807, 2.05) is 36.1 Å². The van der Waals surface area contributed by atoms with Crippen molar-refractivity contribution in [1.29, 1.82) is 0 Å². The molecule has 1 aliphatic heterocycles. The molecule has 10 heteroatoms. The Morgan fingerprint density at radius 3 is 2.69 bits per heavy atom. The Balaban J connectivity index is 1.35. The van der Waals surface area contributed by atoms with Crippen molar-refractivity contribution >= 4 is 38.0 Å². The molecule has 0 aliphatic carbocycles. The van der Waals surface area contributed by atoms with E-state index in [-0.39, 0.29) is 16.8 Å². The summed E-state index contributed by atoms with van der Waals surface area (Å²) >= 11 is 0. The zero-order valence-electron chi connectivity index (χ0n) is 20.2. The summed E-state index contributed by atoms with van der Waals surface area (Å²) in [7, 11) is -0.519. The van der Waals surface area contributed by atoms with Crippen molar-refractivity contribution in [2.24, 2.45) is 0 Å². The third-order valence-electron chi connectivity index (χ3n) is 6.75. The normalized spacial score (nSPS) is 16.7. The predicted molar refractivity (Wildman–Crippen MR) is 134 cm³/mol. The van der Waals surface area contributed by atoms with E-state index in [0.29, 0.717) is 24.9 Å². The first-order chi connectivity index (χ1) is 16.8. The lowest BCUT2D eigenvalue weighted by Gasteiger charge is -2.23. The van der Waals surface area contributed by atoms with E-state index >= 15 is 0 Å². The van der Waals surface area contributed by atoms with E-state index in [1.54, 1.807) is 18.2 Å².